The minimum atomic E-state index is 0.557. The maximum atomic E-state index is 6.13. The molecule has 1 fully saturated rings. The number of benzene rings is 3. The van der Waals surface area contributed by atoms with Gasteiger partial charge in [0.15, 0.2) is 6.73 Å². The van der Waals surface area contributed by atoms with Gasteiger partial charge in [-0.3, -0.25) is 0 Å². The van der Waals surface area contributed by atoms with E-state index in [9.17, 15) is 0 Å². The predicted molar refractivity (Wildman–Crippen MR) is 110 cm³/mol. The third kappa shape index (κ3) is 2.04. The molecule has 0 N–H and O–H groups in total. The summed E-state index contributed by atoms with van der Waals surface area (Å²) < 4.78 is 7.31. The van der Waals surface area contributed by atoms with Gasteiger partial charge in [0.05, 0.1) is 11.4 Å². The highest BCUT2D eigenvalue weighted by atomic mass is 79.9. The maximum Gasteiger partial charge on any atom is 0.165 e. The molecule has 3 heteroatoms. The predicted octanol–water partition coefficient (Wildman–Crippen LogP) is 6.85. The summed E-state index contributed by atoms with van der Waals surface area (Å²) in [4.78, 5) is 2.32. The van der Waals surface area contributed by atoms with E-state index in [4.69, 9.17) is 4.74 Å². The Morgan fingerprint density at radius 2 is 1.54 bits per heavy atom. The molecule has 4 aliphatic rings. The molecular weight excluding hydrogens is 386 g/mol. The SMILES string of the molecule is Brc1cc2c(cc1N1COc3cccc4cccc1c34)C1CCC2CC1. The maximum absolute atomic E-state index is 6.13. The van der Waals surface area contributed by atoms with Gasteiger partial charge in [-0.1, -0.05) is 24.3 Å². The van der Waals surface area contributed by atoms with Crippen LogP contribution in [0.1, 0.15) is 48.6 Å². The Bertz CT molecular complexity index is 1030. The first-order valence-corrected chi connectivity index (χ1v) is 10.3. The van der Waals surface area contributed by atoms with E-state index in [1.807, 2.05) is 0 Å². The van der Waals surface area contributed by atoms with Gasteiger partial charge < -0.3 is 9.64 Å². The van der Waals surface area contributed by atoms with Gasteiger partial charge in [-0.25, -0.2) is 0 Å². The number of rotatable bonds is 1. The lowest BCUT2D eigenvalue weighted by molar-refractivity contribution is 0.324. The van der Waals surface area contributed by atoms with Crippen LogP contribution in [-0.2, 0) is 0 Å². The lowest BCUT2D eigenvalue weighted by Crippen LogP contribution is -2.28. The van der Waals surface area contributed by atoms with Crippen LogP contribution < -0.4 is 9.64 Å². The summed E-state index contributed by atoms with van der Waals surface area (Å²) >= 11 is 3.87. The van der Waals surface area contributed by atoms with Crippen molar-refractivity contribution < 1.29 is 4.74 Å². The first-order chi connectivity index (χ1) is 12.8. The average molecular weight is 406 g/mol. The van der Waals surface area contributed by atoms with E-state index in [-0.39, 0.29) is 0 Å². The number of hydrogen-bond donors (Lipinski definition) is 0. The first-order valence-electron chi connectivity index (χ1n) is 9.55. The van der Waals surface area contributed by atoms with Crippen molar-refractivity contribution in [2.75, 3.05) is 11.6 Å². The number of ether oxygens (including phenoxy) is 1. The van der Waals surface area contributed by atoms with Crippen LogP contribution in [0.2, 0.25) is 0 Å². The Morgan fingerprint density at radius 3 is 2.31 bits per heavy atom. The summed E-state index contributed by atoms with van der Waals surface area (Å²) in [5.41, 5.74) is 5.64. The van der Waals surface area contributed by atoms with Crippen molar-refractivity contribution in [1.29, 1.82) is 0 Å². The number of anilines is 2. The molecule has 1 heterocycles. The van der Waals surface area contributed by atoms with Crippen molar-refractivity contribution in [2.24, 2.45) is 0 Å². The standard InChI is InChI=1S/C23H20BrNO/c24-19-11-17-14-7-9-15(10-8-14)18(17)12-21(19)25-13-26-22-6-2-4-16-3-1-5-20(25)23(16)22/h1-6,11-12,14-15H,7-10,13H2. The highest BCUT2D eigenvalue weighted by Gasteiger charge is 2.34. The molecule has 3 aliphatic carbocycles. The number of nitrogens with zero attached hydrogens (tertiary/aromatic N) is 1. The third-order valence-corrected chi connectivity index (χ3v) is 7.17. The van der Waals surface area contributed by atoms with Crippen LogP contribution in [0.3, 0.4) is 0 Å². The second-order valence-corrected chi connectivity index (χ2v) is 8.67. The summed E-state index contributed by atoms with van der Waals surface area (Å²) in [5, 5.41) is 2.45. The molecule has 7 rings (SSSR count). The van der Waals surface area contributed by atoms with Crippen molar-refractivity contribution in [3.05, 3.63) is 64.1 Å². The largest absolute Gasteiger partial charge is 0.472 e. The fourth-order valence-corrected chi connectivity index (χ4v) is 5.83. The van der Waals surface area contributed by atoms with E-state index in [0.717, 1.165) is 17.6 Å². The average Bonchev–Trinajstić information content (AvgIpc) is 2.69. The molecule has 3 aromatic carbocycles. The van der Waals surface area contributed by atoms with Gasteiger partial charge in [0.2, 0.25) is 0 Å². The Kier molecular flexibility index (Phi) is 3.19. The Morgan fingerprint density at radius 1 is 0.846 bits per heavy atom. The van der Waals surface area contributed by atoms with Gasteiger partial charge in [-0.2, -0.15) is 0 Å². The lowest BCUT2D eigenvalue weighted by atomic mass is 9.67. The molecule has 2 nitrogen and oxygen atoms in total. The van der Waals surface area contributed by atoms with Crippen LogP contribution >= 0.6 is 15.9 Å². The topological polar surface area (TPSA) is 12.5 Å². The van der Waals surface area contributed by atoms with Crippen LogP contribution in [-0.4, -0.2) is 6.73 Å². The molecule has 0 unspecified atom stereocenters. The van der Waals surface area contributed by atoms with Crippen LogP contribution in [0.4, 0.5) is 11.4 Å². The molecule has 0 aromatic heterocycles. The van der Waals surface area contributed by atoms with Crippen LogP contribution in [0, 0.1) is 0 Å². The molecule has 130 valence electrons. The lowest BCUT2D eigenvalue weighted by Gasteiger charge is -2.40. The van der Waals surface area contributed by atoms with Crippen LogP contribution in [0.5, 0.6) is 5.75 Å². The van der Waals surface area contributed by atoms with E-state index in [0.29, 0.717) is 6.73 Å². The van der Waals surface area contributed by atoms with Crippen LogP contribution in [0.15, 0.2) is 53.0 Å². The minimum Gasteiger partial charge on any atom is -0.472 e. The Hall–Kier alpha value is -2.00. The van der Waals surface area contributed by atoms with Gasteiger partial charge in [0, 0.05) is 9.86 Å². The molecular formula is C23H20BrNO. The van der Waals surface area contributed by atoms with Crippen molar-refractivity contribution in [3.8, 4) is 5.75 Å². The number of fused-ring (bicyclic) bond motifs is 2. The summed E-state index contributed by atoms with van der Waals surface area (Å²) in [6, 6.07) is 17.7. The van der Waals surface area contributed by atoms with Gasteiger partial charge >= 0.3 is 0 Å². The zero-order chi connectivity index (χ0) is 17.3. The second kappa shape index (κ2) is 5.50. The molecule has 0 saturated heterocycles. The Labute approximate surface area is 161 Å². The highest BCUT2D eigenvalue weighted by molar-refractivity contribution is 9.10. The van der Waals surface area contributed by atoms with Crippen molar-refractivity contribution in [1.82, 2.24) is 0 Å². The minimum absolute atomic E-state index is 0.557. The molecule has 1 saturated carbocycles. The van der Waals surface area contributed by atoms with Crippen LogP contribution in [0.25, 0.3) is 10.8 Å². The number of hydrogen-bond acceptors (Lipinski definition) is 2. The summed E-state index contributed by atoms with van der Waals surface area (Å²) in [6.07, 6.45) is 5.44. The molecule has 2 bridgehead atoms. The van der Waals surface area contributed by atoms with Crippen molar-refractivity contribution in [3.63, 3.8) is 0 Å². The summed E-state index contributed by atoms with van der Waals surface area (Å²) in [7, 11) is 0. The molecule has 1 aliphatic heterocycles. The summed E-state index contributed by atoms with van der Waals surface area (Å²) in [6.45, 7) is 0.557. The third-order valence-electron chi connectivity index (χ3n) is 6.53. The smallest absolute Gasteiger partial charge is 0.165 e. The van der Waals surface area contributed by atoms with E-state index in [1.165, 1.54) is 52.3 Å². The fraction of sp³-hybridized carbons (Fsp3) is 0.304. The Balaban J connectivity index is 1.55. The molecule has 0 amide bonds. The molecule has 0 radical (unpaired) electrons. The molecule has 0 spiro atoms. The van der Waals surface area contributed by atoms with E-state index in [2.05, 4.69) is 69.4 Å². The summed E-state index contributed by atoms with van der Waals surface area (Å²) in [5.74, 6) is 2.50. The normalized spacial score (nSPS) is 23.0. The zero-order valence-electron chi connectivity index (χ0n) is 14.5. The fourth-order valence-electron chi connectivity index (χ4n) is 5.26. The zero-order valence-corrected chi connectivity index (χ0v) is 16.1. The molecule has 3 aromatic rings. The van der Waals surface area contributed by atoms with E-state index >= 15 is 0 Å². The van der Waals surface area contributed by atoms with Gasteiger partial charge in [-0.15, -0.1) is 0 Å². The van der Waals surface area contributed by atoms with Crippen molar-refractivity contribution in [2.45, 2.75) is 37.5 Å². The first kappa shape index (κ1) is 15.1. The second-order valence-electron chi connectivity index (χ2n) is 7.81. The van der Waals surface area contributed by atoms with Crippen molar-refractivity contribution >= 4 is 38.1 Å². The molecule has 26 heavy (non-hydrogen) atoms. The monoisotopic (exact) mass is 405 g/mol. The quantitative estimate of drug-likeness (QED) is 0.438. The number of halogens is 1. The van der Waals surface area contributed by atoms with Gasteiger partial charge in [0.25, 0.3) is 0 Å². The molecule has 0 atom stereocenters. The van der Waals surface area contributed by atoms with Gasteiger partial charge in [-0.05, 0) is 94.2 Å². The highest BCUT2D eigenvalue weighted by Crippen LogP contribution is 2.52. The van der Waals surface area contributed by atoms with E-state index < -0.39 is 0 Å². The van der Waals surface area contributed by atoms with Gasteiger partial charge in [0.1, 0.15) is 5.75 Å². The van der Waals surface area contributed by atoms with E-state index in [1.54, 1.807) is 11.1 Å².